The van der Waals surface area contributed by atoms with E-state index in [9.17, 15) is 30.3 Å². The largest absolute Gasteiger partial charge is 0.394 e. The molecule has 83 heavy (non-hydrogen) atoms. The monoisotopic (exact) mass is 1160 g/mol. The van der Waals surface area contributed by atoms with Crippen molar-refractivity contribution in [2.45, 2.75) is 326 Å². The first-order chi connectivity index (χ1) is 40.8. The van der Waals surface area contributed by atoms with Crippen molar-refractivity contribution in [2.24, 2.45) is 0 Å². The van der Waals surface area contributed by atoms with Crippen molar-refractivity contribution in [1.82, 2.24) is 5.32 Å². The highest BCUT2D eigenvalue weighted by atomic mass is 16.7. The summed E-state index contributed by atoms with van der Waals surface area (Å²) in [5.41, 5.74) is 0. The number of allylic oxidation sites excluding steroid dienone is 19. The fourth-order valence-corrected chi connectivity index (χ4v) is 10.2. The van der Waals surface area contributed by atoms with Crippen LogP contribution in [0.15, 0.2) is 122 Å². The maximum atomic E-state index is 13.1. The zero-order valence-corrected chi connectivity index (χ0v) is 53.2. The van der Waals surface area contributed by atoms with Crippen LogP contribution in [0.4, 0.5) is 0 Å². The van der Waals surface area contributed by atoms with Gasteiger partial charge in [-0.3, -0.25) is 4.79 Å². The molecule has 9 nitrogen and oxygen atoms in total. The molecule has 1 aliphatic rings. The SMILES string of the molecule is CC/C=C\C/C=C\C/C=C\C/C=C\C/C=C\C/C=C\C/C=C\CCCCCCCCCCCCCCCCCCCCCC(=O)NC(COC1OC(CO)C(O)C(O)C1O)C(O)/C=C/CC/C=C/CC/C=C/CCCCCCCCCCC. The summed E-state index contributed by atoms with van der Waals surface area (Å²) in [6, 6.07) is -0.834. The van der Waals surface area contributed by atoms with Crippen molar-refractivity contribution in [2.75, 3.05) is 13.2 Å². The lowest BCUT2D eigenvalue weighted by Gasteiger charge is -2.40. The van der Waals surface area contributed by atoms with Crippen molar-refractivity contribution < 1.29 is 39.8 Å². The quantitative estimate of drug-likeness (QED) is 0.0261. The maximum absolute atomic E-state index is 13.1. The number of aliphatic hydroxyl groups is 5. The minimum atomic E-state index is -1.58. The van der Waals surface area contributed by atoms with Gasteiger partial charge < -0.3 is 40.3 Å². The summed E-state index contributed by atoms with van der Waals surface area (Å²) >= 11 is 0. The molecule has 0 saturated carbocycles. The highest BCUT2D eigenvalue weighted by Gasteiger charge is 2.44. The van der Waals surface area contributed by atoms with Gasteiger partial charge in [0.2, 0.25) is 5.91 Å². The molecule has 6 N–H and O–H groups in total. The Morgan fingerprint density at radius 3 is 1.16 bits per heavy atom. The number of hydrogen-bond acceptors (Lipinski definition) is 8. The lowest BCUT2D eigenvalue weighted by molar-refractivity contribution is -0.302. The van der Waals surface area contributed by atoms with E-state index in [-0.39, 0.29) is 12.5 Å². The minimum absolute atomic E-state index is 0.191. The molecule has 0 aliphatic carbocycles. The molecule has 476 valence electrons. The third kappa shape index (κ3) is 50.5. The van der Waals surface area contributed by atoms with E-state index in [4.69, 9.17) is 9.47 Å². The Balaban J connectivity index is 2.10. The molecule has 1 fully saturated rings. The molecule has 0 radical (unpaired) electrons. The summed E-state index contributed by atoms with van der Waals surface area (Å²) in [7, 11) is 0. The summed E-state index contributed by atoms with van der Waals surface area (Å²) in [5.74, 6) is -0.191. The minimum Gasteiger partial charge on any atom is -0.394 e. The predicted octanol–water partition coefficient (Wildman–Crippen LogP) is 18.6. The van der Waals surface area contributed by atoms with Gasteiger partial charge >= 0.3 is 0 Å². The molecular weight excluding hydrogens is 1030 g/mol. The van der Waals surface area contributed by atoms with Gasteiger partial charge in [0.05, 0.1) is 25.4 Å². The number of carbonyl (C=O) groups is 1. The highest BCUT2D eigenvalue weighted by molar-refractivity contribution is 5.76. The molecule has 1 rings (SSSR count). The Morgan fingerprint density at radius 2 is 0.759 bits per heavy atom. The normalized spacial score (nSPS) is 19.0. The molecule has 0 aromatic rings. The summed E-state index contributed by atoms with van der Waals surface area (Å²) in [6.07, 6.45) is 85.9. The zero-order valence-electron chi connectivity index (χ0n) is 53.2. The van der Waals surface area contributed by atoms with Crippen LogP contribution < -0.4 is 5.32 Å². The first-order valence-electron chi connectivity index (χ1n) is 34.3. The van der Waals surface area contributed by atoms with E-state index in [1.54, 1.807) is 6.08 Å². The topological polar surface area (TPSA) is 149 Å². The molecule has 1 aliphatic heterocycles. The fraction of sp³-hybridized carbons (Fsp3) is 0.716. The van der Waals surface area contributed by atoms with Crippen LogP contribution in [0.3, 0.4) is 0 Å². The van der Waals surface area contributed by atoms with Crippen LogP contribution in [0.2, 0.25) is 0 Å². The van der Waals surface area contributed by atoms with Crippen molar-refractivity contribution in [1.29, 1.82) is 0 Å². The standard InChI is InChI=1S/C74H127NO8/c1-3-5-7-9-11-13-15-17-19-21-23-24-25-26-27-28-29-30-31-32-33-34-35-36-37-38-39-40-41-42-43-44-46-48-50-52-54-56-58-60-62-64-70(78)75-67(66-82-74-73(81)72(80)71(79)69(65-76)83-74)68(77)63-61-59-57-55-53-51-49-47-45-22-20-18-16-14-12-10-8-6-4-2/h5,7,11,13,17,19,23-24,26-27,29-30,32-33,45,47,53,55,61,63,67-69,71-74,76-77,79-81H,3-4,6,8-10,12,14-16,18,20-22,25,28,31,34-44,46,48-52,54,56-60,62,64-66H2,1-2H3,(H,75,78)/b7-5-,13-11-,19-17-,24-23-,27-26-,30-29-,33-32-,47-45+,55-53+,63-61+. The van der Waals surface area contributed by atoms with Crippen LogP contribution in [0, 0.1) is 0 Å². The Hall–Kier alpha value is -3.41. The maximum Gasteiger partial charge on any atom is 0.220 e. The van der Waals surface area contributed by atoms with Gasteiger partial charge in [-0.1, -0.05) is 296 Å². The van der Waals surface area contributed by atoms with Gasteiger partial charge in [0.1, 0.15) is 24.4 Å². The van der Waals surface area contributed by atoms with E-state index >= 15 is 0 Å². The molecule has 7 unspecified atom stereocenters. The molecular formula is C74H127NO8. The van der Waals surface area contributed by atoms with E-state index in [0.29, 0.717) is 6.42 Å². The molecule has 0 spiro atoms. The lowest BCUT2D eigenvalue weighted by Crippen LogP contribution is -2.60. The predicted molar refractivity (Wildman–Crippen MR) is 354 cm³/mol. The van der Waals surface area contributed by atoms with Gasteiger partial charge in [-0.05, 0) is 103 Å². The number of ether oxygens (including phenoxy) is 2. The van der Waals surface area contributed by atoms with E-state index in [1.165, 1.54) is 167 Å². The van der Waals surface area contributed by atoms with Crippen LogP contribution in [0.1, 0.15) is 284 Å². The molecule has 9 heteroatoms. The van der Waals surface area contributed by atoms with Gasteiger partial charge in [0, 0.05) is 6.42 Å². The smallest absolute Gasteiger partial charge is 0.220 e. The Morgan fingerprint density at radius 1 is 0.422 bits per heavy atom. The van der Waals surface area contributed by atoms with Gasteiger partial charge in [-0.25, -0.2) is 0 Å². The molecule has 1 heterocycles. The van der Waals surface area contributed by atoms with Crippen LogP contribution in [-0.4, -0.2) is 87.5 Å². The summed E-state index contributed by atoms with van der Waals surface area (Å²) in [5, 5.41) is 54.6. The summed E-state index contributed by atoms with van der Waals surface area (Å²) in [6.45, 7) is 3.65. The molecule has 7 atom stereocenters. The van der Waals surface area contributed by atoms with Gasteiger partial charge in [0.25, 0.3) is 0 Å². The number of amides is 1. The molecule has 0 aromatic heterocycles. The van der Waals surface area contributed by atoms with Crippen LogP contribution in [0.25, 0.3) is 0 Å². The third-order valence-corrected chi connectivity index (χ3v) is 15.5. The second-order valence-corrected chi connectivity index (χ2v) is 23.2. The average Bonchev–Trinajstić information content (AvgIpc) is 3.61. The highest BCUT2D eigenvalue weighted by Crippen LogP contribution is 2.23. The van der Waals surface area contributed by atoms with Crippen molar-refractivity contribution >= 4 is 5.91 Å². The number of rotatable bonds is 58. The zero-order chi connectivity index (χ0) is 60.0. The number of aliphatic hydroxyl groups excluding tert-OH is 5. The van der Waals surface area contributed by atoms with Gasteiger partial charge in [-0.15, -0.1) is 0 Å². The van der Waals surface area contributed by atoms with Crippen LogP contribution in [-0.2, 0) is 14.3 Å². The first kappa shape index (κ1) is 77.6. The average molecular weight is 1160 g/mol. The van der Waals surface area contributed by atoms with Crippen molar-refractivity contribution in [3.05, 3.63) is 122 Å². The number of unbranched alkanes of at least 4 members (excludes halogenated alkanes) is 30. The third-order valence-electron chi connectivity index (χ3n) is 15.5. The Bertz CT molecular complexity index is 1720. The molecule has 0 aromatic carbocycles. The Kier molecular flexibility index (Phi) is 57.7. The number of hydrogen-bond donors (Lipinski definition) is 6. The van der Waals surface area contributed by atoms with E-state index in [1.807, 2.05) is 6.08 Å². The van der Waals surface area contributed by atoms with Crippen LogP contribution >= 0.6 is 0 Å². The molecule has 1 amide bonds. The van der Waals surface area contributed by atoms with Crippen molar-refractivity contribution in [3.63, 3.8) is 0 Å². The van der Waals surface area contributed by atoms with E-state index in [0.717, 1.165) is 96.3 Å². The first-order valence-corrected chi connectivity index (χ1v) is 34.3. The number of carbonyl (C=O) groups excluding carboxylic acids is 1. The lowest BCUT2D eigenvalue weighted by atomic mass is 9.99. The number of nitrogens with one attached hydrogen (secondary N) is 1. The van der Waals surface area contributed by atoms with E-state index < -0.39 is 49.5 Å². The molecule has 1 saturated heterocycles. The fourth-order valence-electron chi connectivity index (χ4n) is 10.2. The van der Waals surface area contributed by atoms with Crippen molar-refractivity contribution in [3.8, 4) is 0 Å². The summed E-state index contributed by atoms with van der Waals surface area (Å²) in [4.78, 5) is 13.1. The van der Waals surface area contributed by atoms with Crippen LogP contribution in [0.5, 0.6) is 0 Å². The van der Waals surface area contributed by atoms with E-state index in [2.05, 4.69) is 129 Å². The second-order valence-electron chi connectivity index (χ2n) is 23.2. The second kappa shape index (κ2) is 61.7. The van der Waals surface area contributed by atoms with Gasteiger partial charge in [-0.2, -0.15) is 0 Å². The summed E-state index contributed by atoms with van der Waals surface area (Å²) < 4.78 is 11.3. The van der Waals surface area contributed by atoms with Gasteiger partial charge in [0.15, 0.2) is 6.29 Å². The molecule has 0 bridgehead atoms. The Labute approximate surface area is 509 Å².